The summed E-state index contributed by atoms with van der Waals surface area (Å²) in [7, 11) is -20.0. The van der Waals surface area contributed by atoms with E-state index in [1.165, 1.54) is 36.4 Å². The number of carbonyl (C=O) groups excluding carboxylic acids is 1. The predicted octanol–water partition coefficient (Wildman–Crippen LogP) is 2.53. The standard InChI is InChI=1S/C32H23ClN8O14S4.Na/c33-30-37-31(34-18-6-9-20(10-7-18)56(44,45)46)39-32(38-30)35-19-8-11-24(58(50,51)52)22(14-19)40-41-27-25(59(53,54)55)13-17-12-21(57(47,48)49)15-23(26(17)28(27)42)36-29(43)16-4-2-1-3-5-16;/h1-15,42H,(H,36,43)(H,44,45,46)(H,47,48,49)(H,50,51,52)(H,53,54,55)(H2,34,35,37,38,39);/q;+1. The molecular formula is C32H23ClN8NaO14S4+. The predicted molar refractivity (Wildman–Crippen MR) is 208 cm³/mol. The Kier molecular flexibility index (Phi) is 13.3. The van der Waals surface area contributed by atoms with Gasteiger partial charge in [0.25, 0.3) is 46.4 Å². The van der Waals surface area contributed by atoms with Gasteiger partial charge in [0.2, 0.25) is 17.2 Å². The number of phenolic OH excluding ortho intramolecular Hbond substituents is 1. The summed E-state index contributed by atoms with van der Waals surface area (Å²) < 4.78 is 136. The summed E-state index contributed by atoms with van der Waals surface area (Å²) in [6.07, 6.45) is 0. The maximum Gasteiger partial charge on any atom is 1.00 e. The molecule has 0 radical (unpaired) electrons. The second kappa shape index (κ2) is 17.4. The van der Waals surface area contributed by atoms with E-state index in [1.54, 1.807) is 6.07 Å². The zero-order chi connectivity index (χ0) is 43.1. The Morgan fingerprint density at radius 3 is 1.75 bits per heavy atom. The van der Waals surface area contributed by atoms with E-state index < -0.39 is 99.5 Å². The summed E-state index contributed by atoms with van der Waals surface area (Å²) >= 11 is 6.05. The van der Waals surface area contributed by atoms with Gasteiger partial charge < -0.3 is 21.1 Å². The second-order valence-corrected chi connectivity index (χ2v) is 17.7. The zero-order valence-electron chi connectivity index (χ0n) is 29.8. The van der Waals surface area contributed by atoms with E-state index >= 15 is 0 Å². The summed E-state index contributed by atoms with van der Waals surface area (Å²) in [4.78, 5) is 21.7. The molecule has 60 heavy (non-hydrogen) atoms. The minimum atomic E-state index is -5.38. The largest absolute Gasteiger partial charge is 1.00 e. The van der Waals surface area contributed by atoms with Crippen molar-refractivity contribution in [2.75, 3.05) is 16.0 Å². The number of fused-ring (bicyclic) bond motifs is 1. The third-order valence-corrected chi connectivity index (χ3v) is 11.4. The Bertz CT molecular complexity index is 3180. The maximum atomic E-state index is 13.1. The van der Waals surface area contributed by atoms with Gasteiger partial charge in [0.1, 0.15) is 21.2 Å². The minimum Gasteiger partial charge on any atom is -0.505 e. The second-order valence-electron chi connectivity index (χ2n) is 11.8. The van der Waals surface area contributed by atoms with Gasteiger partial charge in [-0.25, -0.2) is 0 Å². The van der Waals surface area contributed by atoms with E-state index in [4.69, 9.17) is 11.6 Å². The molecule has 0 saturated heterocycles. The Hall–Kier alpha value is -5.23. The number of azo groups is 1. The van der Waals surface area contributed by atoms with Crippen LogP contribution in [0.5, 0.6) is 5.75 Å². The van der Waals surface area contributed by atoms with Gasteiger partial charge in [0.15, 0.2) is 5.75 Å². The van der Waals surface area contributed by atoms with E-state index in [9.17, 15) is 61.8 Å². The van der Waals surface area contributed by atoms with Crippen molar-refractivity contribution in [2.45, 2.75) is 19.6 Å². The Morgan fingerprint density at radius 2 is 1.18 bits per heavy atom. The third kappa shape index (κ3) is 10.7. The van der Waals surface area contributed by atoms with Crippen molar-refractivity contribution in [2.24, 2.45) is 10.2 Å². The van der Waals surface area contributed by atoms with Gasteiger partial charge in [-0.05, 0) is 89.8 Å². The van der Waals surface area contributed by atoms with E-state index in [1.807, 2.05) is 0 Å². The normalized spacial score (nSPS) is 12.2. The summed E-state index contributed by atoms with van der Waals surface area (Å²) in [6, 6.07) is 17.1. The number of rotatable bonds is 12. The fourth-order valence-corrected chi connectivity index (χ4v) is 7.65. The fraction of sp³-hybridized carbons (Fsp3) is 0. The molecule has 8 N–H and O–H groups in total. The van der Waals surface area contributed by atoms with Crippen molar-refractivity contribution in [3.05, 3.63) is 102 Å². The van der Waals surface area contributed by atoms with E-state index in [0.29, 0.717) is 6.07 Å². The number of nitrogens with one attached hydrogen (secondary N) is 3. The van der Waals surface area contributed by atoms with Crippen molar-refractivity contribution in [3.8, 4) is 5.75 Å². The topological polar surface area (TPSA) is 354 Å². The van der Waals surface area contributed by atoms with Crippen LogP contribution in [0.15, 0.2) is 121 Å². The first-order valence-electron chi connectivity index (χ1n) is 15.7. The van der Waals surface area contributed by atoms with E-state index in [0.717, 1.165) is 42.5 Å². The van der Waals surface area contributed by atoms with Gasteiger partial charge in [0, 0.05) is 22.3 Å². The number of benzene rings is 5. The molecule has 5 aromatic carbocycles. The molecule has 0 spiro atoms. The SMILES string of the molecule is O=C(Nc1cc(S(=O)(=O)O)cc2cc(S(=O)(=O)O)c(N=Nc3cc(Nc4nc(Cl)nc(Nc5ccc(S(=O)(=O)O)cc5)n4)ccc3S(=O)(=O)O)c(O)c12)c1ccccc1.[Na+]. The Labute approximate surface area is 366 Å². The molecule has 0 aliphatic heterocycles. The number of aromatic hydroxyl groups is 1. The monoisotopic (exact) mass is 929 g/mol. The van der Waals surface area contributed by atoms with Gasteiger partial charge >= 0.3 is 29.6 Å². The van der Waals surface area contributed by atoms with Crippen LogP contribution in [0.25, 0.3) is 10.8 Å². The molecule has 1 amide bonds. The van der Waals surface area contributed by atoms with Gasteiger partial charge in [-0.1, -0.05) is 18.2 Å². The molecule has 0 aliphatic rings. The van der Waals surface area contributed by atoms with Crippen LogP contribution >= 0.6 is 11.6 Å². The number of aromatic nitrogens is 3. The molecule has 6 rings (SSSR count). The average Bonchev–Trinajstić information content (AvgIpc) is 3.13. The first-order valence-corrected chi connectivity index (χ1v) is 21.8. The van der Waals surface area contributed by atoms with Crippen LogP contribution in [0.2, 0.25) is 5.28 Å². The molecule has 306 valence electrons. The maximum absolute atomic E-state index is 13.1. The Balaban J connectivity index is 0.00000683. The number of phenols is 1. The summed E-state index contributed by atoms with van der Waals surface area (Å²) in [6.45, 7) is 0. The van der Waals surface area contributed by atoms with Gasteiger partial charge in [0.05, 0.1) is 15.5 Å². The van der Waals surface area contributed by atoms with E-state index in [2.05, 4.69) is 41.1 Å². The molecule has 0 bridgehead atoms. The molecule has 0 unspecified atom stereocenters. The van der Waals surface area contributed by atoms with Gasteiger partial charge in [-0.3, -0.25) is 23.0 Å². The number of amides is 1. The van der Waals surface area contributed by atoms with E-state index in [-0.39, 0.29) is 63.7 Å². The van der Waals surface area contributed by atoms with Crippen molar-refractivity contribution in [1.82, 2.24) is 15.0 Å². The van der Waals surface area contributed by atoms with Crippen LogP contribution in [-0.4, -0.2) is 77.8 Å². The van der Waals surface area contributed by atoms with Crippen molar-refractivity contribution < 1.29 is 91.3 Å². The number of hydrogen-bond acceptors (Lipinski definition) is 17. The third-order valence-electron chi connectivity index (χ3n) is 7.75. The first-order chi connectivity index (χ1) is 27.5. The van der Waals surface area contributed by atoms with Crippen molar-refractivity contribution in [3.63, 3.8) is 0 Å². The number of halogens is 1. The molecule has 28 heteroatoms. The Morgan fingerprint density at radius 1 is 0.617 bits per heavy atom. The molecule has 1 heterocycles. The van der Waals surface area contributed by atoms with Crippen LogP contribution in [0.4, 0.5) is 40.3 Å². The zero-order valence-corrected chi connectivity index (χ0v) is 35.8. The number of anilines is 5. The quantitative estimate of drug-likeness (QED) is 0.0496. The van der Waals surface area contributed by atoms with Crippen LogP contribution in [0.1, 0.15) is 10.4 Å². The smallest absolute Gasteiger partial charge is 0.505 e. The average molecular weight is 930 g/mol. The number of nitrogens with zero attached hydrogens (tertiary/aromatic N) is 5. The van der Waals surface area contributed by atoms with Crippen LogP contribution in [-0.2, 0) is 40.5 Å². The fourth-order valence-electron chi connectivity index (χ4n) is 5.21. The van der Waals surface area contributed by atoms with Gasteiger partial charge in [-0.2, -0.15) is 48.6 Å². The van der Waals surface area contributed by atoms with Crippen LogP contribution in [0.3, 0.4) is 0 Å². The summed E-state index contributed by atoms with van der Waals surface area (Å²) in [5, 5.41) is 25.3. The molecular weight excluding hydrogens is 907 g/mol. The summed E-state index contributed by atoms with van der Waals surface area (Å²) in [5.41, 5.74) is -2.04. The molecule has 6 aromatic rings. The van der Waals surface area contributed by atoms with Gasteiger partial charge in [-0.15, -0.1) is 10.2 Å². The molecule has 0 saturated carbocycles. The molecule has 22 nitrogen and oxygen atoms in total. The number of hydrogen-bond donors (Lipinski definition) is 8. The first kappa shape index (κ1) is 45.8. The molecule has 0 atom stereocenters. The minimum absolute atomic E-state index is 0. The molecule has 1 aromatic heterocycles. The van der Waals surface area contributed by atoms with Crippen molar-refractivity contribution in [1.29, 1.82) is 0 Å². The van der Waals surface area contributed by atoms with Crippen LogP contribution < -0.4 is 45.5 Å². The number of carbonyl (C=O) groups is 1. The summed E-state index contributed by atoms with van der Waals surface area (Å²) in [5.74, 6) is -2.45. The molecule has 0 aliphatic carbocycles. The molecule has 0 fully saturated rings. The van der Waals surface area contributed by atoms with Crippen LogP contribution in [0, 0.1) is 0 Å². The van der Waals surface area contributed by atoms with Crippen molar-refractivity contribution >= 4 is 109 Å².